The molecule has 0 saturated carbocycles. The molecule has 0 aromatic carbocycles. The summed E-state index contributed by atoms with van der Waals surface area (Å²) < 4.78 is 1.67. The molecule has 1 aromatic rings. The van der Waals surface area contributed by atoms with E-state index < -0.39 is 5.54 Å². The molecule has 7 heteroatoms. The first-order valence-corrected chi connectivity index (χ1v) is 8.38. The predicted octanol–water partition coefficient (Wildman–Crippen LogP) is 2.31. The maximum atomic E-state index is 11.6. The van der Waals surface area contributed by atoms with Crippen LogP contribution in [0.1, 0.15) is 53.0 Å². The van der Waals surface area contributed by atoms with Gasteiger partial charge in [0.15, 0.2) is 5.16 Å². The zero-order chi connectivity index (χ0) is 15.9. The second kappa shape index (κ2) is 8.25. The maximum Gasteiger partial charge on any atom is 0.344 e. The SMILES string of the molecule is CCNC(C)(C#N)CCCCSc1n[nH]c(=O)n1C(C)C. The Balaban J connectivity index is 2.39. The fourth-order valence-corrected chi connectivity index (χ4v) is 3.24. The monoisotopic (exact) mass is 311 g/mol. The summed E-state index contributed by atoms with van der Waals surface area (Å²) in [6, 6.07) is 2.44. The van der Waals surface area contributed by atoms with Gasteiger partial charge in [-0.25, -0.2) is 9.89 Å². The molecule has 6 nitrogen and oxygen atoms in total. The van der Waals surface area contributed by atoms with Crippen molar-refractivity contribution in [3.63, 3.8) is 0 Å². The highest BCUT2D eigenvalue weighted by atomic mass is 32.2. The van der Waals surface area contributed by atoms with Gasteiger partial charge in [0, 0.05) is 11.8 Å². The van der Waals surface area contributed by atoms with Crippen LogP contribution in [0.5, 0.6) is 0 Å². The molecule has 0 bridgehead atoms. The van der Waals surface area contributed by atoms with Gasteiger partial charge in [-0.1, -0.05) is 18.7 Å². The zero-order valence-corrected chi connectivity index (χ0v) is 14.1. The first kappa shape index (κ1) is 17.8. The Kier molecular flexibility index (Phi) is 6.99. The average Bonchev–Trinajstić information content (AvgIpc) is 2.80. The van der Waals surface area contributed by atoms with Gasteiger partial charge in [0.2, 0.25) is 0 Å². The molecule has 0 aliphatic rings. The van der Waals surface area contributed by atoms with Crippen LogP contribution in [0.2, 0.25) is 0 Å². The van der Waals surface area contributed by atoms with Gasteiger partial charge >= 0.3 is 5.69 Å². The summed E-state index contributed by atoms with van der Waals surface area (Å²) in [5.74, 6) is 0.893. The van der Waals surface area contributed by atoms with E-state index in [9.17, 15) is 10.1 Å². The first-order valence-electron chi connectivity index (χ1n) is 7.39. The van der Waals surface area contributed by atoms with E-state index in [-0.39, 0.29) is 11.7 Å². The fourth-order valence-electron chi connectivity index (χ4n) is 2.17. The fraction of sp³-hybridized carbons (Fsp3) is 0.786. The number of nitrogens with zero attached hydrogens (tertiary/aromatic N) is 3. The largest absolute Gasteiger partial charge is 0.344 e. The van der Waals surface area contributed by atoms with Crippen molar-refractivity contribution in [3.05, 3.63) is 10.5 Å². The summed E-state index contributed by atoms with van der Waals surface area (Å²) in [6.07, 6.45) is 2.79. The number of aromatic nitrogens is 3. The molecule has 0 radical (unpaired) electrons. The van der Waals surface area contributed by atoms with Gasteiger partial charge in [-0.2, -0.15) is 5.26 Å². The molecule has 1 unspecified atom stereocenters. The van der Waals surface area contributed by atoms with Crippen LogP contribution in [0.3, 0.4) is 0 Å². The number of thioether (sulfide) groups is 1. The standard InChI is InChI=1S/C14H25N5OS/c1-5-16-14(4,10-15)8-6-7-9-21-13-18-17-12(20)19(13)11(2)3/h11,16H,5-9H2,1-4H3,(H,17,20). The van der Waals surface area contributed by atoms with Gasteiger partial charge in [0.1, 0.15) is 5.54 Å². The first-order chi connectivity index (χ1) is 9.93. The molecule has 21 heavy (non-hydrogen) atoms. The number of unbranched alkanes of at least 4 members (excludes halogenated alkanes) is 1. The molecular weight excluding hydrogens is 286 g/mol. The van der Waals surface area contributed by atoms with Crippen LogP contribution < -0.4 is 11.0 Å². The van der Waals surface area contributed by atoms with E-state index in [0.717, 1.165) is 36.7 Å². The van der Waals surface area contributed by atoms with E-state index in [1.54, 1.807) is 16.3 Å². The molecule has 0 spiro atoms. The van der Waals surface area contributed by atoms with Gasteiger partial charge in [0.05, 0.1) is 6.07 Å². The number of nitriles is 1. The lowest BCUT2D eigenvalue weighted by Crippen LogP contribution is -2.40. The lowest BCUT2D eigenvalue weighted by atomic mass is 9.97. The van der Waals surface area contributed by atoms with Crippen LogP contribution in [-0.4, -0.2) is 32.6 Å². The van der Waals surface area contributed by atoms with E-state index in [0.29, 0.717) is 0 Å². The van der Waals surface area contributed by atoms with Gasteiger partial charge in [-0.05, 0) is 46.6 Å². The molecule has 0 saturated heterocycles. The molecule has 1 heterocycles. The molecule has 1 rings (SSSR count). The average molecular weight is 311 g/mol. The van der Waals surface area contributed by atoms with Crippen molar-refractivity contribution in [2.45, 2.75) is 63.7 Å². The molecule has 0 aliphatic heterocycles. The minimum atomic E-state index is -0.439. The van der Waals surface area contributed by atoms with Crippen LogP contribution in [0, 0.1) is 11.3 Å². The molecule has 0 fully saturated rings. The summed E-state index contributed by atoms with van der Waals surface area (Å²) in [5.41, 5.74) is -0.595. The van der Waals surface area contributed by atoms with Crippen LogP contribution in [0.4, 0.5) is 0 Å². The minimum Gasteiger partial charge on any atom is -0.300 e. The number of rotatable bonds is 9. The number of hydrogen-bond acceptors (Lipinski definition) is 5. The normalized spacial score (nSPS) is 14.1. The molecular formula is C14H25N5OS. The Morgan fingerprint density at radius 3 is 2.81 bits per heavy atom. The Morgan fingerprint density at radius 1 is 1.52 bits per heavy atom. The summed E-state index contributed by atoms with van der Waals surface area (Å²) in [7, 11) is 0. The van der Waals surface area contributed by atoms with E-state index in [1.165, 1.54) is 0 Å². The smallest absolute Gasteiger partial charge is 0.300 e. The van der Waals surface area contributed by atoms with Crippen molar-refractivity contribution in [3.8, 4) is 6.07 Å². The third kappa shape index (κ3) is 5.21. The summed E-state index contributed by atoms with van der Waals surface area (Å²) in [4.78, 5) is 11.6. The van der Waals surface area contributed by atoms with Crippen molar-refractivity contribution >= 4 is 11.8 Å². The summed E-state index contributed by atoms with van der Waals surface area (Å²) in [5, 5.41) is 19.7. The Morgan fingerprint density at radius 2 is 2.24 bits per heavy atom. The van der Waals surface area contributed by atoms with E-state index in [1.807, 2.05) is 27.7 Å². The molecule has 2 N–H and O–H groups in total. The van der Waals surface area contributed by atoms with Crippen LogP contribution >= 0.6 is 11.8 Å². The Labute approximate surface area is 130 Å². The highest BCUT2D eigenvalue weighted by Gasteiger charge is 2.21. The lowest BCUT2D eigenvalue weighted by molar-refractivity contribution is 0.415. The number of aromatic amines is 1. The van der Waals surface area contributed by atoms with Crippen LogP contribution in [0.15, 0.2) is 9.95 Å². The summed E-state index contributed by atoms with van der Waals surface area (Å²) in [6.45, 7) is 8.68. The van der Waals surface area contributed by atoms with E-state index >= 15 is 0 Å². The Hall–Kier alpha value is -1.26. The molecule has 1 atom stereocenters. The second-order valence-corrected chi connectivity index (χ2v) is 6.62. The molecule has 0 amide bonds. The third-order valence-corrected chi connectivity index (χ3v) is 4.34. The molecule has 0 aliphatic carbocycles. The number of nitrogens with one attached hydrogen (secondary N) is 2. The highest BCUT2D eigenvalue weighted by Crippen LogP contribution is 2.20. The van der Waals surface area contributed by atoms with Crippen molar-refractivity contribution in [1.82, 2.24) is 20.1 Å². The van der Waals surface area contributed by atoms with Crippen molar-refractivity contribution in [1.29, 1.82) is 5.26 Å². The van der Waals surface area contributed by atoms with Crippen LogP contribution in [0.25, 0.3) is 0 Å². The quantitative estimate of drug-likeness (QED) is 0.540. The lowest BCUT2D eigenvalue weighted by Gasteiger charge is -2.22. The van der Waals surface area contributed by atoms with E-state index in [2.05, 4.69) is 21.6 Å². The highest BCUT2D eigenvalue weighted by molar-refractivity contribution is 7.99. The number of hydrogen-bond donors (Lipinski definition) is 2. The van der Waals surface area contributed by atoms with Gasteiger partial charge in [-0.3, -0.25) is 9.88 Å². The van der Waals surface area contributed by atoms with Crippen LogP contribution in [-0.2, 0) is 0 Å². The third-order valence-electron chi connectivity index (χ3n) is 3.30. The number of H-pyrrole nitrogens is 1. The zero-order valence-electron chi connectivity index (χ0n) is 13.3. The summed E-state index contributed by atoms with van der Waals surface area (Å²) >= 11 is 1.59. The predicted molar refractivity (Wildman–Crippen MR) is 85.5 cm³/mol. The second-order valence-electron chi connectivity index (χ2n) is 5.55. The van der Waals surface area contributed by atoms with Crippen molar-refractivity contribution in [2.75, 3.05) is 12.3 Å². The van der Waals surface area contributed by atoms with Crippen molar-refractivity contribution in [2.24, 2.45) is 0 Å². The van der Waals surface area contributed by atoms with Gasteiger partial charge < -0.3 is 0 Å². The van der Waals surface area contributed by atoms with E-state index in [4.69, 9.17) is 0 Å². The topological polar surface area (TPSA) is 86.5 Å². The van der Waals surface area contributed by atoms with Gasteiger partial charge in [0.25, 0.3) is 0 Å². The minimum absolute atomic E-state index is 0.106. The maximum absolute atomic E-state index is 11.6. The molecule has 118 valence electrons. The molecule has 1 aromatic heterocycles. The Bertz CT molecular complexity index is 530. The van der Waals surface area contributed by atoms with Crippen molar-refractivity contribution < 1.29 is 0 Å². The van der Waals surface area contributed by atoms with Gasteiger partial charge in [-0.15, -0.1) is 5.10 Å².